The third-order valence-electron chi connectivity index (χ3n) is 17.4. The van der Waals surface area contributed by atoms with Crippen molar-refractivity contribution >= 4 is 53.3 Å². The van der Waals surface area contributed by atoms with E-state index in [0.717, 1.165) is 4.58 Å². The van der Waals surface area contributed by atoms with Crippen molar-refractivity contribution < 1.29 is 133 Å². The number of aliphatic imine (C=N–C) groups is 1. The molecular weight excluding hydrogens is 1290 g/mol. The van der Waals surface area contributed by atoms with E-state index in [1.807, 2.05) is 0 Å². The van der Waals surface area contributed by atoms with Crippen LogP contribution in [0.25, 0.3) is 0 Å². The lowest BCUT2D eigenvalue weighted by Crippen LogP contribution is -2.68. The second kappa shape index (κ2) is 33.3. The highest BCUT2D eigenvalue weighted by molar-refractivity contribution is 5.98. The van der Waals surface area contributed by atoms with Crippen LogP contribution in [0.1, 0.15) is 44.2 Å². The number of nitrogens with one attached hydrogen (secondary N) is 8. The molecule has 38 nitrogen and oxygen atoms in total. The van der Waals surface area contributed by atoms with Crippen LogP contribution in [0.5, 0.6) is 5.75 Å². The van der Waals surface area contributed by atoms with E-state index < -0.39 is 240 Å². The van der Waals surface area contributed by atoms with E-state index in [-0.39, 0.29) is 42.1 Å². The zero-order chi connectivity index (χ0) is 70.9. The van der Waals surface area contributed by atoms with Crippen molar-refractivity contribution in [3.63, 3.8) is 0 Å². The van der Waals surface area contributed by atoms with E-state index in [1.54, 1.807) is 51.1 Å². The molecule has 4 fully saturated rings. The molecule has 0 radical (unpaired) electrons. The molecule has 6 heterocycles. The van der Waals surface area contributed by atoms with Gasteiger partial charge in [-0.25, -0.2) is 9.57 Å². The van der Waals surface area contributed by atoms with Crippen LogP contribution in [0.15, 0.2) is 59.6 Å². The number of hydrogen-bond acceptors (Lipinski definition) is 31. The maximum absolute atomic E-state index is 15.2. The standard InChI is InChI=1S/C59H86N12O26/c1-22(2)13-35(77)96-49-44(83)42(81)32(20-74)94-57(49)97-48-33(21-75)95-56(47(86)45(48)84)92-26-11-9-24(10-12-26)14-27-51(88)69-37(39(78)28-15-63-58(60)67-28)54(91)70-38(40(79)30-16-64-59(61)71(30)55-46(85)43(82)41(80)31(19-73)93-55)53(90)66-29(18-72)50(87)62-17-34(76)68-36(52(89)65-27)23(3)25-7-5-4-6-8-25/h4-12,22-23,27-33,36-49,55-57,72-75,78-86H,13-21H2,1-3H3,(H11,60,61,62,63,64,65,66,67,68,69,70,76,87,88,89,90,91)/p+1/t23-,27+,28-,29-,30-,31+,32+,33+,36-,37-,38+,39-,40-,41+,42+,43-,44-,45+,46-,47-,48+,49-,55-,56-,57+/m0/s1. The number of rotatable bonds is 20. The number of hydrogen-bond donors (Lipinski definition) is 23. The van der Waals surface area contributed by atoms with Crippen LogP contribution in [0.4, 0.5) is 0 Å². The van der Waals surface area contributed by atoms with Gasteiger partial charge >= 0.3 is 11.9 Å². The van der Waals surface area contributed by atoms with Crippen LogP contribution in [-0.2, 0) is 63.7 Å². The maximum Gasteiger partial charge on any atom is 0.346 e. The summed E-state index contributed by atoms with van der Waals surface area (Å²) in [5.41, 5.74) is 12.9. The quantitative estimate of drug-likeness (QED) is 0.0432. The first-order valence-electron chi connectivity index (χ1n) is 31.3. The third kappa shape index (κ3) is 17.6. The Morgan fingerprint density at radius 1 is 0.598 bits per heavy atom. The van der Waals surface area contributed by atoms with Crippen molar-refractivity contribution in [2.24, 2.45) is 22.4 Å². The first-order chi connectivity index (χ1) is 46.1. The molecule has 38 heteroatoms. The Hall–Kier alpha value is -7.61. The van der Waals surface area contributed by atoms with Gasteiger partial charge in [0.15, 0.2) is 18.4 Å². The van der Waals surface area contributed by atoms with Crippen molar-refractivity contribution in [3.05, 3.63) is 65.7 Å². The second-order valence-electron chi connectivity index (χ2n) is 24.7. The number of nitrogens with zero attached hydrogens (tertiary/aromatic N) is 2. The second-order valence-corrected chi connectivity index (χ2v) is 24.7. The lowest BCUT2D eigenvalue weighted by molar-refractivity contribution is -0.663. The summed E-state index contributed by atoms with van der Waals surface area (Å²) in [6, 6.07) is 0.760. The van der Waals surface area contributed by atoms with Crippen molar-refractivity contribution in [3.8, 4) is 5.75 Å². The lowest BCUT2D eigenvalue weighted by atomic mass is 9.92. The van der Waals surface area contributed by atoms with Crippen LogP contribution >= 0.6 is 0 Å². The molecule has 0 aliphatic carbocycles. The number of nitrogens with two attached hydrogens (primary N) is 2. The van der Waals surface area contributed by atoms with E-state index in [1.165, 1.54) is 24.3 Å². The van der Waals surface area contributed by atoms with Gasteiger partial charge in [0.05, 0.1) is 39.0 Å². The fraction of sp³-hybridized carbons (Fsp3) is 0.644. The summed E-state index contributed by atoms with van der Waals surface area (Å²) in [6.07, 6.45) is -31.9. The zero-order valence-corrected chi connectivity index (χ0v) is 52.7. The van der Waals surface area contributed by atoms with Gasteiger partial charge < -0.3 is 138 Å². The molecule has 6 amide bonds. The van der Waals surface area contributed by atoms with Crippen LogP contribution in [0, 0.1) is 5.92 Å². The van der Waals surface area contributed by atoms with Gasteiger partial charge in [-0.15, -0.1) is 0 Å². The summed E-state index contributed by atoms with van der Waals surface area (Å²) < 4.78 is 35.4. The Labute approximate surface area is 553 Å². The minimum absolute atomic E-state index is 0.0855. The average Bonchev–Trinajstić information content (AvgIpc) is 1.73. The first kappa shape index (κ1) is 75.2. The molecule has 97 heavy (non-hydrogen) atoms. The molecule has 2 aromatic rings. The van der Waals surface area contributed by atoms with Crippen LogP contribution < -0.4 is 58.7 Å². The number of ether oxygens (including phenoxy) is 6. The van der Waals surface area contributed by atoms with Gasteiger partial charge in [0.25, 0.3) is 0 Å². The summed E-state index contributed by atoms with van der Waals surface area (Å²) in [4.78, 5) is 104. The van der Waals surface area contributed by atoms with Crippen molar-refractivity contribution in [2.45, 2.75) is 186 Å². The molecular formula is C59H87N12O26+. The molecule has 0 unspecified atom stereocenters. The van der Waals surface area contributed by atoms with Gasteiger partial charge in [-0.05, 0) is 29.2 Å². The molecule has 4 saturated heterocycles. The number of carbonyl (C=O) groups excluding carboxylic acids is 7. The minimum atomic E-state index is -2.34. The van der Waals surface area contributed by atoms with E-state index in [0.29, 0.717) is 5.56 Å². The SMILES string of the molecule is CC(C)CC(=O)O[C@@H]1[C@@H](O[C@H]2[C@H](O)[C@H](O)[C@@H](Oc3ccc(C[C@H]4NC(=O)[C@H]([C@@H](C)c5ccccc5)NC(=O)CNC(=O)[C@H](CO)NC(=O)[C@@H]([C@@H](O)[C@@H]5CNC(N)=[N+]5[C@H]5O[C@H](CO)[C@@H](O)[C@H](O)[C@@H]5O)NC(=O)[C@H]([C@@H](O)[C@@H]5CNC(N)=N5)NC4=O)cc3)O[C@@H]2CO)O[C@H](CO)[C@@H](O)[C@@H]1O. The fourth-order valence-electron chi connectivity index (χ4n) is 11.9. The van der Waals surface area contributed by atoms with Gasteiger partial charge in [-0.2, -0.15) is 0 Å². The predicted octanol–water partition coefficient (Wildman–Crippen LogP) is -12.7. The Morgan fingerprint density at radius 3 is 1.81 bits per heavy atom. The number of aliphatic hydroxyl groups is 13. The largest absolute Gasteiger partial charge is 0.462 e. The fourth-order valence-corrected chi connectivity index (χ4v) is 11.9. The molecule has 0 aromatic heterocycles. The minimum Gasteiger partial charge on any atom is -0.462 e. The van der Waals surface area contributed by atoms with Crippen LogP contribution in [0.3, 0.4) is 0 Å². The summed E-state index contributed by atoms with van der Waals surface area (Å²) in [5, 5.41) is 162. The number of aliphatic hydroxyl groups excluding tert-OH is 13. The molecule has 0 saturated carbocycles. The topological polar surface area (TPSA) is 602 Å². The average molecular weight is 1380 g/mol. The number of esters is 1. The van der Waals surface area contributed by atoms with E-state index >= 15 is 9.59 Å². The summed E-state index contributed by atoms with van der Waals surface area (Å²) in [7, 11) is 0. The molecule has 25 atom stereocenters. The molecule has 8 rings (SSSR count). The van der Waals surface area contributed by atoms with Crippen LogP contribution in [0.2, 0.25) is 0 Å². The number of guanidine groups is 2. The normalized spacial score (nSPS) is 35.9. The number of amides is 6. The monoisotopic (exact) mass is 1380 g/mol. The van der Waals surface area contributed by atoms with Gasteiger partial charge in [0, 0.05) is 25.3 Å². The van der Waals surface area contributed by atoms with Gasteiger partial charge in [0.1, 0.15) is 128 Å². The van der Waals surface area contributed by atoms with Crippen molar-refractivity contribution in [1.29, 1.82) is 0 Å². The smallest absolute Gasteiger partial charge is 0.346 e. The van der Waals surface area contributed by atoms with Gasteiger partial charge in [0.2, 0.25) is 48.0 Å². The molecule has 538 valence electrons. The molecule has 6 aliphatic rings. The highest BCUT2D eigenvalue weighted by Crippen LogP contribution is 2.33. The maximum atomic E-state index is 15.2. The van der Waals surface area contributed by atoms with Crippen LogP contribution in [-0.4, -0.2) is 317 Å². The summed E-state index contributed by atoms with van der Waals surface area (Å²) >= 11 is 0. The van der Waals surface area contributed by atoms with Crippen molar-refractivity contribution in [2.75, 3.05) is 46.1 Å². The summed E-state index contributed by atoms with van der Waals surface area (Å²) in [6.45, 7) is -0.403. The highest BCUT2D eigenvalue weighted by Gasteiger charge is 2.55. The lowest BCUT2D eigenvalue weighted by Gasteiger charge is -2.46. The van der Waals surface area contributed by atoms with Gasteiger partial charge in [-0.3, -0.25) is 44.6 Å². The zero-order valence-electron chi connectivity index (χ0n) is 52.7. The molecule has 2 aromatic carbocycles. The summed E-state index contributed by atoms with van der Waals surface area (Å²) in [5.74, 6) is -9.93. The molecule has 25 N–H and O–H groups in total. The Kier molecular flexibility index (Phi) is 25.8. The third-order valence-corrected chi connectivity index (χ3v) is 17.4. The molecule has 6 aliphatic heterocycles. The molecule has 0 bridgehead atoms. The van der Waals surface area contributed by atoms with Crippen molar-refractivity contribution in [1.82, 2.24) is 42.5 Å². The van der Waals surface area contributed by atoms with E-state index in [4.69, 9.17) is 39.9 Å². The predicted molar refractivity (Wildman–Crippen MR) is 326 cm³/mol. The highest BCUT2D eigenvalue weighted by atomic mass is 16.7. The Bertz CT molecular complexity index is 3120. The Balaban J connectivity index is 1.10. The van der Waals surface area contributed by atoms with E-state index in [9.17, 15) is 90.4 Å². The Morgan fingerprint density at radius 2 is 1.19 bits per heavy atom. The molecule has 0 spiro atoms. The van der Waals surface area contributed by atoms with Gasteiger partial charge in [-0.1, -0.05) is 63.2 Å². The number of carbonyl (C=O) groups is 7. The number of benzene rings is 2. The first-order valence-corrected chi connectivity index (χ1v) is 31.3. The van der Waals surface area contributed by atoms with E-state index in [2.05, 4.69) is 47.5 Å².